The lowest BCUT2D eigenvalue weighted by Crippen LogP contribution is -2.41. The summed E-state index contributed by atoms with van der Waals surface area (Å²) in [7, 11) is 0. The largest absolute Gasteiger partial charge is 0.394 e. The molecule has 112 valence electrons. The summed E-state index contributed by atoms with van der Waals surface area (Å²) in [6.45, 7) is 3.87. The lowest BCUT2D eigenvalue weighted by atomic mass is 10.1. The van der Waals surface area contributed by atoms with Crippen LogP contribution in [0.25, 0.3) is 10.7 Å². The quantitative estimate of drug-likeness (QED) is 0.854. The molecule has 1 atom stereocenters. The number of hydrogen-bond acceptors (Lipinski definition) is 5. The Labute approximate surface area is 128 Å². The number of pyridine rings is 1. The second kappa shape index (κ2) is 7.28. The molecule has 2 N–H and O–H groups in total. The molecule has 0 saturated carbocycles. The molecule has 0 aliphatic heterocycles. The number of rotatable bonds is 6. The van der Waals surface area contributed by atoms with Crippen LogP contribution >= 0.6 is 11.3 Å². The number of carbonyl (C=O) groups excluding carboxylic acids is 1. The highest BCUT2D eigenvalue weighted by molar-refractivity contribution is 7.13. The molecule has 5 nitrogen and oxygen atoms in total. The number of aliphatic hydroxyl groups excluding tert-OH is 1. The van der Waals surface area contributed by atoms with Crippen LogP contribution in [0.5, 0.6) is 0 Å². The molecule has 0 aliphatic carbocycles. The summed E-state index contributed by atoms with van der Waals surface area (Å²) in [6, 6.07) is 5.44. The zero-order chi connectivity index (χ0) is 15.2. The fourth-order valence-electron chi connectivity index (χ4n) is 1.84. The zero-order valence-electron chi connectivity index (χ0n) is 12.1. The van der Waals surface area contributed by atoms with Crippen LogP contribution in [-0.2, 0) is 11.2 Å². The van der Waals surface area contributed by atoms with Crippen LogP contribution in [0.1, 0.15) is 19.5 Å². The molecule has 0 unspecified atom stereocenters. The minimum Gasteiger partial charge on any atom is -0.394 e. The van der Waals surface area contributed by atoms with Gasteiger partial charge in [-0.25, -0.2) is 4.98 Å². The van der Waals surface area contributed by atoms with Gasteiger partial charge in [-0.3, -0.25) is 9.78 Å². The van der Waals surface area contributed by atoms with Gasteiger partial charge in [0.25, 0.3) is 0 Å². The van der Waals surface area contributed by atoms with Crippen molar-refractivity contribution >= 4 is 17.2 Å². The van der Waals surface area contributed by atoms with Crippen LogP contribution in [0.4, 0.5) is 0 Å². The summed E-state index contributed by atoms with van der Waals surface area (Å²) in [6.07, 6.45) is 1.93. The van der Waals surface area contributed by atoms with Gasteiger partial charge in [-0.05, 0) is 18.1 Å². The van der Waals surface area contributed by atoms with Gasteiger partial charge in [0, 0.05) is 11.6 Å². The molecule has 0 aromatic carbocycles. The first-order valence-electron chi connectivity index (χ1n) is 6.86. The van der Waals surface area contributed by atoms with Crippen molar-refractivity contribution in [1.82, 2.24) is 15.3 Å². The van der Waals surface area contributed by atoms with E-state index in [0.29, 0.717) is 0 Å². The number of aromatic nitrogens is 2. The molecular formula is C15H19N3O2S. The van der Waals surface area contributed by atoms with E-state index in [0.717, 1.165) is 16.4 Å². The van der Waals surface area contributed by atoms with E-state index in [-0.39, 0.29) is 30.9 Å². The standard InChI is InChI=1S/C15H19N3O2S/c1-10(2)13(8-19)18-14(20)7-11-9-21-15(17-11)12-5-3-4-6-16-12/h3-6,9-10,13,19H,7-8H2,1-2H3,(H,18,20)/t13-/m1/s1. The van der Waals surface area contributed by atoms with E-state index in [9.17, 15) is 9.90 Å². The van der Waals surface area contributed by atoms with Gasteiger partial charge in [0.05, 0.1) is 30.5 Å². The van der Waals surface area contributed by atoms with Crippen molar-refractivity contribution in [3.05, 3.63) is 35.5 Å². The maximum Gasteiger partial charge on any atom is 0.226 e. The molecule has 2 rings (SSSR count). The van der Waals surface area contributed by atoms with Gasteiger partial charge < -0.3 is 10.4 Å². The third kappa shape index (κ3) is 4.34. The summed E-state index contributed by atoms with van der Waals surface area (Å²) < 4.78 is 0. The number of amides is 1. The lowest BCUT2D eigenvalue weighted by molar-refractivity contribution is -0.121. The molecule has 0 aliphatic rings. The molecule has 2 aromatic heterocycles. The van der Waals surface area contributed by atoms with Gasteiger partial charge >= 0.3 is 0 Å². The summed E-state index contributed by atoms with van der Waals surface area (Å²) in [5.41, 5.74) is 1.53. The predicted octanol–water partition coefficient (Wildman–Crippen LogP) is 1.88. The van der Waals surface area contributed by atoms with Crippen molar-refractivity contribution in [1.29, 1.82) is 0 Å². The van der Waals surface area contributed by atoms with Crippen LogP contribution in [-0.4, -0.2) is 33.6 Å². The maximum atomic E-state index is 12.0. The van der Waals surface area contributed by atoms with Crippen LogP contribution < -0.4 is 5.32 Å². The Balaban J connectivity index is 1.98. The van der Waals surface area contributed by atoms with E-state index >= 15 is 0 Å². The fourth-order valence-corrected chi connectivity index (χ4v) is 2.64. The van der Waals surface area contributed by atoms with E-state index in [1.165, 1.54) is 11.3 Å². The monoisotopic (exact) mass is 305 g/mol. The average molecular weight is 305 g/mol. The number of nitrogens with zero attached hydrogens (tertiary/aromatic N) is 2. The average Bonchev–Trinajstić information content (AvgIpc) is 2.93. The van der Waals surface area contributed by atoms with E-state index < -0.39 is 0 Å². The van der Waals surface area contributed by atoms with E-state index in [4.69, 9.17) is 0 Å². The Bertz CT molecular complexity index is 584. The first kappa shape index (κ1) is 15.6. The summed E-state index contributed by atoms with van der Waals surface area (Å²) in [5.74, 6) is 0.0686. The van der Waals surface area contributed by atoms with Crippen molar-refractivity contribution in [3.8, 4) is 10.7 Å². The number of carbonyl (C=O) groups is 1. The maximum absolute atomic E-state index is 12.0. The number of hydrogen-bond donors (Lipinski definition) is 2. The second-order valence-corrected chi connectivity index (χ2v) is 5.99. The summed E-state index contributed by atoms with van der Waals surface area (Å²) in [4.78, 5) is 20.6. The van der Waals surface area contributed by atoms with Gasteiger partial charge in [0.1, 0.15) is 5.01 Å². The van der Waals surface area contributed by atoms with Gasteiger partial charge in [0.2, 0.25) is 5.91 Å². The molecule has 2 heterocycles. The van der Waals surface area contributed by atoms with Crippen molar-refractivity contribution in [2.24, 2.45) is 5.92 Å². The highest BCUT2D eigenvalue weighted by atomic mass is 32.1. The number of thiazole rings is 1. The zero-order valence-corrected chi connectivity index (χ0v) is 12.9. The molecule has 1 amide bonds. The molecule has 0 fully saturated rings. The van der Waals surface area contributed by atoms with Gasteiger partial charge in [0.15, 0.2) is 0 Å². The molecule has 2 aromatic rings. The third-order valence-corrected chi connectivity index (χ3v) is 4.04. The molecule has 6 heteroatoms. The number of aliphatic hydroxyl groups is 1. The van der Waals surface area contributed by atoms with Crippen LogP contribution in [0.15, 0.2) is 29.8 Å². The Morgan fingerprint density at radius 1 is 1.43 bits per heavy atom. The molecular weight excluding hydrogens is 286 g/mol. The minimum absolute atomic E-state index is 0.0559. The normalized spacial score (nSPS) is 12.4. The first-order valence-corrected chi connectivity index (χ1v) is 7.74. The Kier molecular flexibility index (Phi) is 5.41. The van der Waals surface area contributed by atoms with Crippen LogP contribution in [0.2, 0.25) is 0 Å². The molecule has 21 heavy (non-hydrogen) atoms. The summed E-state index contributed by atoms with van der Waals surface area (Å²) >= 11 is 1.47. The van der Waals surface area contributed by atoms with Crippen LogP contribution in [0, 0.1) is 5.92 Å². The van der Waals surface area contributed by atoms with Crippen molar-refractivity contribution in [2.45, 2.75) is 26.3 Å². The van der Waals surface area contributed by atoms with Crippen molar-refractivity contribution in [3.63, 3.8) is 0 Å². The fraction of sp³-hybridized carbons (Fsp3) is 0.400. The third-order valence-electron chi connectivity index (χ3n) is 3.13. The van der Waals surface area contributed by atoms with Gasteiger partial charge in [-0.15, -0.1) is 11.3 Å². The Morgan fingerprint density at radius 2 is 2.24 bits per heavy atom. The molecule has 0 saturated heterocycles. The second-order valence-electron chi connectivity index (χ2n) is 5.14. The summed E-state index contributed by atoms with van der Waals surface area (Å²) in [5, 5.41) is 14.7. The lowest BCUT2D eigenvalue weighted by Gasteiger charge is -2.19. The van der Waals surface area contributed by atoms with E-state index in [1.54, 1.807) is 6.20 Å². The van der Waals surface area contributed by atoms with E-state index in [2.05, 4.69) is 15.3 Å². The van der Waals surface area contributed by atoms with Crippen molar-refractivity contribution in [2.75, 3.05) is 6.61 Å². The predicted molar refractivity (Wildman–Crippen MR) is 82.9 cm³/mol. The highest BCUT2D eigenvalue weighted by Crippen LogP contribution is 2.21. The molecule has 0 radical (unpaired) electrons. The molecule has 0 spiro atoms. The smallest absolute Gasteiger partial charge is 0.226 e. The minimum atomic E-state index is -0.216. The highest BCUT2D eigenvalue weighted by Gasteiger charge is 2.16. The molecule has 0 bridgehead atoms. The Morgan fingerprint density at radius 3 is 2.86 bits per heavy atom. The Hall–Kier alpha value is -1.79. The first-order chi connectivity index (χ1) is 10.1. The SMILES string of the molecule is CC(C)[C@@H](CO)NC(=O)Cc1csc(-c2ccccn2)n1. The topological polar surface area (TPSA) is 75.1 Å². The van der Waals surface area contributed by atoms with Gasteiger partial charge in [-0.1, -0.05) is 19.9 Å². The number of nitrogens with one attached hydrogen (secondary N) is 1. The van der Waals surface area contributed by atoms with Crippen molar-refractivity contribution < 1.29 is 9.90 Å². The van der Waals surface area contributed by atoms with E-state index in [1.807, 2.05) is 37.4 Å². The van der Waals surface area contributed by atoms with Gasteiger partial charge in [-0.2, -0.15) is 0 Å². The van der Waals surface area contributed by atoms with Crippen LogP contribution in [0.3, 0.4) is 0 Å².